The summed E-state index contributed by atoms with van der Waals surface area (Å²) in [6.45, 7) is 17.8. The minimum absolute atomic E-state index is 0.0144. The van der Waals surface area contributed by atoms with Crippen LogP contribution in [0.2, 0.25) is 0 Å². The minimum Gasteiger partial charge on any atom is -0.480 e. The maximum atomic E-state index is 14.6. The van der Waals surface area contributed by atoms with Gasteiger partial charge in [-0.25, -0.2) is 4.79 Å². The lowest BCUT2D eigenvalue weighted by Gasteiger charge is -2.30. The summed E-state index contributed by atoms with van der Waals surface area (Å²) in [4.78, 5) is 142. The first-order valence-corrected chi connectivity index (χ1v) is 30.1. The molecule has 85 heavy (non-hydrogen) atoms. The average molecular weight is 1200 g/mol. The molecule has 9 amide bonds. The van der Waals surface area contributed by atoms with Crippen molar-refractivity contribution >= 4 is 70.0 Å². The van der Waals surface area contributed by atoms with Gasteiger partial charge in [-0.15, -0.1) is 0 Å². The number of carbonyl (C=O) groups excluding carboxylic acids is 9. The van der Waals surface area contributed by atoms with Crippen LogP contribution in [0.15, 0.2) is 30.5 Å². The van der Waals surface area contributed by atoms with Crippen LogP contribution in [-0.4, -0.2) is 160 Å². The second-order valence-corrected chi connectivity index (χ2v) is 23.8. The summed E-state index contributed by atoms with van der Waals surface area (Å²) in [7, 11) is 0. The molecule has 0 radical (unpaired) electrons. The molecule has 20 N–H and O–H groups in total. The third-order valence-corrected chi connectivity index (χ3v) is 14.2. The van der Waals surface area contributed by atoms with Crippen molar-refractivity contribution in [2.75, 3.05) is 19.6 Å². The van der Waals surface area contributed by atoms with Crippen LogP contribution in [0, 0.1) is 23.7 Å². The van der Waals surface area contributed by atoms with Crippen molar-refractivity contribution in [1.29, 1.82) is 0 Å². The van der Waals surface area contributed by atoms with Crippen LogP contribution in [0.4, 0.5) is 0 Å². The zero-order valence-electron chi connectivity index (χ0n) is 51.6. The number of fused-ring (bicyclic) bond motifs is 1. The lowest BCUT2D eigenvalue weighted by atomic mass is 9.98. The van der Waals surface area contributed by atoms with E-state index in [1.807, 2.05) is 52.0 Å². The fraction of sp³-hybridized carbons (Fsp3) is 0.695. The van der Waals surface area contributed by atoms with Gasteiger partial charge in [-0.2, -0.15) is 0 Å². The lowest BCUT2D eigenvalue weighted by molar-refractivity contribution is -0.143. The number of carbonyl (C=O) groups is 10. The summed E-state index contributed by atoms with van der Waals surface area (Å²) in [6, 6.07) is -5.26. The number of aliphatic hydroxyl groups excluding tert-OH is 1. The van der Waals surface area contributed by atoms with Gasteiger partial charge in [-0.05, 0) is 146 Å². The zero-order chi connectivity index (χ0) is 64.1. The second kappa shape index (κ2) is 38.3. The number of para-hydroxylation sites is 1. The van der Waals surface area contributed by atoms with Crippen molar-refractivity contribution in [2.45, 2.75) is 219 Å². The van der Waals surface area contributed by atoms with E-state index in [1.165, 1.54) is 13.8 Å². The van der Waals surface area contributed by atoms with E-state index in [0.717, 1.165) is 10.9 Å². The number of benzene rings is 1. The van der Waals surface area contributed by atoms with E-state index < -0.39 is 132 Å². The van der Waals surface area contributed by atoms with Gasteiger partial charge in [0.15, 0.2) is 0 Å². The minimum atomic E-state index is -1.69. The van der Waals surface area contributed by atoms with Crippen LogP contribution in [0.1, 0.15) is 152 Å². The summed E-state index contributed by atoms with van der Waals surface area (Å²) in [5, 5.41) is 45.8. The molecule has 0 fully saturated rings. The third kappa shape index (κ3) is 26.6. The van der Waals surface area contributed by atoms with E-state index in [9.17, 15) is 58.2 Å². The monoisotopic (exact) mass is 1200 g/mol. The molecular formula is C59H102N14O12. The number of carboxylic acid groups (broad SMARTS) is 1. The van der Waals surface area contributed by atoms with E-state index in [4.69, 9.17) is 22.9 Å². The largest absolute Gasteiger partial charge is 0.480 e. The van der Waals surface area contributed by atoms with Gasteiger partial charge in [0.25, 0.3) is 0 Å². The number of carboxylic acids is 1. The van der Waals surface area contributed by atoms with Crippen LogP contribution in [0.3, 0.4) is 0 Å². The molecule has 26 nitrogen and oxygen atoms in total. The van der Waals surface area contributed by atoms with Gasteiger partial charge in [0, 0.05) is 23.5 Å². The third-order valence-electron chi connectivity index (χ3n) is 14.2. The van der Waals surface area contributed by atoms with Crippen molar-refractivity contribution < 1.29 is 58.2 Å². The van der Waals surface area contributed by atoms with Gasteiger partial charge in [0.2, 0.25) is 53.2 Å². The summed E-state index contributed by atoms with van der Waals surface area (Å²) < 4.78 is 0. The highest BCUT2D eigenvalue weighted by atomic mass is 16.4. The van der Waals surface area contributed by atoms with E-state index in [2.05, 4.69) is 52.8 Å². The molecule has 26 heteroatoms. The first-order valence-electron chi connectivity index (χ1n) is 30.1. The molecule has 11 atom stereocenters. The maximum absolute atomic E-state index is 14.6. The first kappa shape index (κ1) is 74.4. The zero-order valence-corrected chi connectivity index (χ0v) is 51.6. The normalized spacial score (nSPS) is 15.5. The number of hydrogen-bond acceptors (Lipinski definition) is 15. The Balaban J connectivity index is 2.49. The van der Waals surface area contributed by atoms with Crippen molar-refractivity contribution in [1.82, 2.24) is 52.8 Å². The van der Waals surface area contributed by atoms with Gasteiger partial charge in [0.1, 0.15) is 54.4 Å². The Bertz CT molecular complexity index is 2470. The number of nitrogens with one attached hydrogen (secondary N) is 10. The van der Waals surface area contributed by atoms with E-state index >= 15 is 0 Å². The van der Waals surface area contributed by atoms with Gasteiger partial charge in [-0.1, -0.05) is 73.6 Å². The average Bonchev–Trinajstić information content (AvgIpc) is 3.28. The molecule has 0 aliphatic carbocycles. The highest BCUT2D eigenvalue weighted by Gasteiger charge is 2.37. The number of unbranched alkanes of at least 4 members (excludes halogenated alkanes) is 3. The molecule has 480 valence electrons. The number of nitrogens with two attached hydrogens (primary N) is 4. The molecule has 0 unspecified atom stereocenters. The van der Waals surface area contributed by atoms with Gasteiger partial charge in [-0.3, -0.25) is 43.2 Å². The number of aromatic amines is 1. The highest BCUT2D eigenvalue weighted by molar-refractivity contribution is 5.99. The fourth-order valence-electron chi connectivity index (χ4n) is 9.48. The molecule has 0 spiro atoms. The quantitative estimate of drug-likeness (QED) is 0.0392. The smallest absolute Gasteiger partial charge is 0.326 e. The van der Waals surface area contributed by atoms with Gasteiger partial charge in [0.05, 0.1) is 12.1 Å². The van der Waals surface area contributed by atoms with Crippen molar-refractivity contribution in [3.05, 3.63) is 36.0 Å². The molecule has 2 rings (SSSR count). The summed E-state index contributed by atoms with van der Waals surface area (Å²) in [5.41, 5.74) is 24.6. The number of rotatable bonds is 41. The number of aliphatic carboxylic acids is 1. The molecule has 0 aliphatic rings. The standard InChI is InChI=1S/C59H102N14O12/c1-32(2)27-44(68-50(75)36(9)63)55(80)70-47(30-38-31-64-40-20-12-11-19-39(38)40)57(82)67-43(23-15-18-26-62)53(78)73-49(37(10)74)58(83)71-46(29-34(5)6)56(81)69-45(28-33(3)4)54(79)66-41(21-13-16-24-60)51(76)65-42(22-14-17-25-61)52(77)72-48(35(7)8)59(84)85/h11-12,19-20,31-37,41-49,64,74H,13-18,21-30,60-63H2,1-10H3,(H,65,76)(H,66,79)(H,67,82)(H,68,75)(H,69,81)(H,70,80)(H,71,83)(H,72,77)(H,73,78)(H,84,85)/t36-,37+,41-,42-,43-,44-,45-,46-,47-,48-,49-/m0/s1. The van der Waals surface area contributed by atoms with Crippen molar-refractivity contribution in [2.24, 2.45) is 46.6 Å². The number of aliphatic hydroxyl groups is 1. The highest BCUT2D eigenvalue weighted by Crippen LogP contribution is 2.20. The number of aromatic nitrogens is 1. The maximum Gasteiger partial charge on any atom is 0.326 e. The Labute approximate surface area is 500 Å². The molecule has 1 heterocycles. The second-order valence-electron chi connectivity index (χ2n) is 23.8. The summed E-state index contributed by atoms with van der Waals surface area (Å²) in [5.74, 6) is -9.07. The van der Waals surface area contributed by atoms with Crippen LogP contribution in [-0.2, 0) is 54.4 Å². The van der Waals surface area contributed by atoms with Gasteiger partial charge >= 0.3 is 5.97 Å². The van der Waals surface area contributed by atoms with Gasteiger partial charge < -0.3 is 86.0 Å². The molecule has 1 aromatic carbocycles. The predicted octanol–water partition coefficient (Wildman–Crippen LogP) is 0.0675. The van der Waals surface area contributed by atoms with E-state index in [0.29, 0.717) is 50.6 Å². The van der Waals surface area contributed by atoms with Crippen LogP contribution >= 0.6 is 0 Å². The summed E-state index contributed by atoms with van der Waals surface area (Å²) in [6.07, 6.45) is 3.21. The van der Waals surface area contributed by atoms with Crippen LogP contribution < -0.4 is 70.8 Å². The molecule has 2 aromatic rings. The Morgan fingerprint density at radius 3 is 1.16 bits per heavy atom. The molecular weight excluding hydrogens is 1100 g/mol. The number of amides is 9. The first-order chi connectivity index (χ1) is 40.0. The topological polar surface area (TPSA) is 439 Å². The number of hydrogen-bond donors (Lipinski definition) is 16. The molecule has 0 saturated carbocycles. The summed E-state index contributed by atoms with van der Waals surface area (Å²) >= 11 is 0. The van der Waals surface area contributed by atoms with E-state index in [-0.39, 0.29) is 75.8 Å². The Morgan fingerprint density at radius 2 is 0.788 bits per heavy atom. The molecule has 1 aromatic heterocycles. The van der Waals surface area contributed by atoms with Crippen molar-refractivity contribution in [3.63, 3.8) is 0 Å². The van der Waals surface area contributed by atoms with Crippen molar-refractivity contribution in [3.8, 4) is 0 Å². The Hall–Kier alpha value is -6.74. The Morgan fingerprint density at radius 1 is 0.447 bits per heavy atom. The molecule has 0 saturated heterocycles. The lowest BCUT2D eigenvalue weighted by Crippen LogP contribution is -2.62. The van der Waals surface area contributed by atoms with Crippen LogP contribution in [0.25, 0.3) is 10.9 Å². The predicted molar refractivity (Wildman–Crippen MR) is 324 cm³/mol. The van der Waals surface area contributed by atoms with E-state index in [1.54, 1.807) is 33.9 Å². The molecule has 0 aliphatic heterocycles. The Kier molecular flexibility index (Phi) is 33.5. The molecule has 0 bridgehead atoms. The fourth-order valence-corrected chi connectivity index (χ4v) is 9.48. The van der Waals surface area contributed by atoms with Crippen LogP contribution in [0.5, 0.6) is 0 Å². The SMILES string of the molecule is CC(C)C[C@H](NC(=O)[C@H](C)N)C(=O)N[C@@H](Cc1c[nH]c2ccccc12)C(=O)N[C@@H](CCCCN)C(=O)N[C@H](C(=O)N[C@@H](CC(C)C)C(=O)N[C@@H](CC(C)C)C(=O)N[C@@H](CCCCN)C(=O)N[C@@H](CCCCN)C(=O)N[C@H](C(=O)O)C(C)C)[C@@H](C)O. The number of H-pyrrole nitrogens is 1.